The standard InChI is InChI=1S/C24H33FN6.HI/c1-2-26-24(29-21-11-15-31(18-21)23-22(25)6-5-12-27-23)28-16-19-7-9-20(10-8-19)17-30-13-3-4-14-30;/h5-10,12,21H,2-4,11,13-18H2,1H3,(H2,26,28,29);1H. The molecular formula is C24H34FIN6. The van der Waals surface area contributed by atoms with Crippen molar-refractivity contribution in [1.82, 2.24) is 20.5 Å². The van der Waals surface area contributed by atoms with E-state index in [1.165, 1.54) is 43.1 Å². The maximum atomic E-state index is 14.0. The van der Waals surface area contributed by atoms with Gasteiger partial charge >= 0.3 is 0 Å². The normalized spacial score (nSPS) is 19.1. The van der Waals surface area contributed by atoms with Crippen molar-refractivity contribution in [3.63, 3.8) is 0 Å². The molecule has 2 aliphatic heterocycles. The molecule has 174 valence electrons. The van der Waals surface area contributed by atoms with Crippen molar-refractivity contribution in [1.29, 1.82) is 0 Å². The minimum atomic E-state index is -0.267. The summed E-state index contributed by atoms with van der Waals surface area (Å²) in [6, 6.07) is 12.1. The van der Waals surface area contributed by atoms with E-state index in [-0.39, 0.29) is 35.8 Å². The number of nitrogens with zero attached hydrogens (tertiary/aromatic N) is 4. The number of hydrogen-bond acceptors (Lipinski definition) is 4. The molecule has 2 N–H and O–H groups in total. The van der Waals surface area contributed by atoms with Crippen LogP contribution < -0.4 is 15.5 Å². The summed E-state index contributed by atoms with van der Waals surface area (Å²) in [4.78, 5) is 13.5. The van der Waals surface area contributed by atoms with Gasteiger partial charge in [-0.3, -0.25) is 4.90 Å². The molecule has 0 amide bonds. The Morgan fingerprint density at radius 1 is 1.12 bits per heavy atom. The topological polar surface area (TPSA) is 55.8 Å². The minimum absolute atomic E-state index is 0. The number of benzene rings is 1. The lowest BCUT2D eigenvalue weighted by Gasteiger charge is -2.20. The van der Waals surface area contributed by atoms with Crippen LogP contribution in [0.2, 0.25) is 0 Å². The van der Waals surface area contributed by atoms with Gasteiger partial charge in [-0.15, -0.1) is 24.0 Å². The molecule has 0 aliphatic carbocycles. The van der Waals surface area contributed by atoms with Crippen molar-refractivity contribution in [3.05, 3.63) is 59.5 Å². The van der Waals surface area contributed by atoms with Crippen molar-refractivity contribution >= 4 is 35.8 Å². The molecule has 1 aromatic heterocycles. The lowest BCUT2D eigenvalue weighted by atomic mass is 10.1. The SMILES string of the molecule is CCNC(=NCc1ccc(CN2CCCC2)cc1)NC1CCN(c2ncccc2F)C1.I. The van der Waals surface area contributed by atoms with Crippen LogP contribution in [0.1, 0.15) is 37.3 Å². The molecule has 0 spiro atoms. The van der Waals surface area contributed by atoms with Crippen LogP contribution >= 0.6 is 24.0 Å². The first-order valence-corrected chi connectivity index (χ1v) is 11.4. The maximum absolute atomic E-state index is 14.0. The Morgan fingerprint density at radius 3 is 2.59 bits per heavy atom. The van der Waals surface area contributed by atoms with Gasteiger partial charge in [0.05, 0.1) is 6.54 Å². The van der Waals surface area contributed by atoms with E-state index >= 15 is 0 Å². The zero-order valence-electron chi connectivity index (χ0n) is 18.8. The van der Waals surface area contributed by atoms with Crippen molar-refractivity contribution in [2.75, 3.05) is 37.6 Å². The van der Waals surface area contributed by atoms with Crippen molar-refractivity contribution < 1.29 is 4.39 Å². The summed E-state index contributed by atoms with van der Waals surface area (Å²) in [6.07, 6.45) is 5.21. The lowest BCUT2D eigenvalue weighted by Crippen LogP contribution is -2.44. The Balaban J connectivity index is 0.00000289. The highest BCUT2D eigenvalue weighted by Crippen LogP contribution is 2.20. The number of likely N-dealkylation sites (tertiary alicyclic amines) is 1. The largest absolute Gasteiger partial charge is 0.357 e. The third kappa shape index (κ3) is 6.78. The average Bonchev–Trinajstić information content (AvgIpc) is 3.46. The third-order valence-electron chi connectivity index (χ3n) is 5.96. The van der Waals surface area contributed by atoms with E-state index in [9.17, 15) is 4.39 Å². The second-order valence-electron chi connectivity index (χ2n) is 8.38. The van der Waals surface area contributed by atoms with Crippen LogP contribution in [0.4, 0.5) is 10.2 Å². The van der Waals surface area contributed by atoms with Crippen molar-refractivity contribution in [2.45, 2.75) is 45.3 Å². The number of hydrogen-bond donors (Lipinski definition) is 2. The predicted molar refractivity (Wildman–Crippen MR) is 139 cm³/mol. The Hall–Kier alpha value is -1.94. The Labute approximate surface area is 207 Å². The molecule has 2 fully saturated rings. The first-order valence-electron chi connectivity index (χ1n) is 11.4. The van der Waals surface area contributed by atoms with Crippen molar-refractivity contribution in [2.24, 2.45) is 4.99 Å². The number of aromatic nitrogens is 1. The van der Waals surface area contributed by atoms with Gasteiger partial charge in [0.25, 0.3) is 0 Å². The van der Waals surface area contributed by atoms with Gasteiger partial charge in [0.15, 0.2) is 17.6 Å². The lowest BCUT2D eigenvalue weighted by molar-refractivity contribution is 0.331. The van der Waals surface area contributed by atoms with Gasteiger partial charge in [0.1, 0.15) is 0 Å². The molecule has 3 heterocycles. The molecule has 0 saturated carbocycles. The van der Waals surface area contributed by atoms with Crippen molar-refractivity contribution in [3.8, 4) is 0 Å². The number of aliphatic imine (C=N–C) groups is 1. The van der Waals surface area contributed by atoms with E-state index in [0.717, 1.165) is 32.0 Å². The minimum Gasteiger partial charge on any atom is -0.357 e. The maximum Gasteiger partial charge on any atom is 0.191 e. The van der Waals surface area contributed by atoms with Gasteiger partial charge in [-0.2, -0.15) is 0 Å². The quantitative estimate of drug-likeness (QED) is 0.311. The van der Waals surface area contributed by atoms with E-state index in [0.29, 0.717) is 18.9 Å². The van der Waals surface area contributed by atoms with Crippen LogP contribution in [-0.2, 0) is 13.1 Å². The van der Waals surface area contributed by atoms with Gasteiger partial charge in [0, 0.05) is 38.4 Å². The highest BCUT2D eigenvalue weighted by molar-refractivity contribution is 14.0. The van der Waals surface area contributed by atoms with Crippen LogP contribution in [0.3, 0.4) is 0 Å². The summed E-state index contributed by atoms with van der Waals surface area (Å²) in [5, 5.41) is 6.84. The summed E-state index contributed by atoms with van der Waals surface area (Å²) in [7, 11) is 0. The van der Waals surface area contributed by atoms with Crippen LogP contribution in [0.15, 0.2) is 47.6 Å². The summed E-state index contributed by atoms with van der Waals surface area (Å²) >= 11 is 0. The molecule has 2 saturated heterocycles. The Bertz CT molecular complexity index is 869. The molecule has 6 nitrogen and oxygen atoms in total. The van der Waals surface area contributed by atoms with Crippen LogP contribution in [0.25, 0.3) is 0 Å². The molecule has 4 rings (SSSR count). The summed E-state index contributed by atoms with van der Waals surface area (Å²) in [6.45, 7) is 8.46. The number of guanidine groups is 1. The van der Waals surface area contributed by atoms with Gasteiger partial charge in [-0.05, 0) is 62.5 Å². The van der Waals surface area contributed by atoms with Crippen LogP contribution in [0.5, 0.6) is 0 Å². The van der Waals surface area contributed by atoms with Crippen LogP contribution in [0, 0.1) is 5.82 Å². The monoisotopic (exact) mass is 552 g/mol. The van der Waals surface area contributed by atoms with Gasteiger partial charge in [-0.1, -0.05) is 24.3 Å². The smallest absolute Gasteiger partial charge is 0.191 e. The molecule has 2 aliphatic rings. The summed E-state index contributed by atoms with van der Waals surface area (Å²) in [5.41, 5.74) is 2.57. The molecule has 1 unspecified atom stereocenters. The highest BCUT2D eigenvalue weighted by Gasteiger charge is 2.25. The van der Waals surface area contributed by atoms with E-state index in [4.69, 9.17) is 4.99 Å². The van der Waals surface area contributed by atoms with E-state index < -0.39 is 0 Å². The van der Waals surface area contributed by atoms with E-state index in [1.807, 2.05) is 4.90 Å². The van der Waals surface area contributed by atoms with E-state index in [1.54, 1.807) is 12.3 Å². The molecular weight excluding hydrogens is 518 g/mol. The number of rotatable bonds is 7. The average molecular weight is 552 g/mol. The third-order valence-corrected chi connectivity index (χ3v) is 5.96. The molecule has 8 heteroatoms. The Morgan fingerprint density at radius 2 is 1.88 bits per heavy atom. The number of pyridine rings is 1. The number of nitrogens with one attached hydrogen (secondary N) is 2. The van der Waals surface area contributed by atoms with Gasteiger partial charge < -0.3 is 15.5 Å². The number of halogens is 2. The first-order chi connectivity index (χ1) is 15.2. The fourth-order valence-electron chi connectivity index (χ4n) is 4.31. The summed E-state index contributed by atoms with van der Waals surface area (Å²) in [5.74, 6) is 0.969. The number of anilines is 1. The van der Waals surface area contributed by atoms with Gasteiger partial charge in [0.2, 0.25) is 0 Å². The first kappa shape index (κ1) is 24.7. The second-order valence-corrected chi connectivity index (χ2v) is 8.38. The van der Waals surface area contributed by atoms with E-state index in [2.05, 4.69) is 51.7 Å². The molecule has 1 atom stereocenters. The fraction of sp³-hybridized carbons (Fsp3) is 0.500. The predicted octanol–water partition coefficient (Wildman–Crippen LogP) is 3.77. The zero-order chi connectivity index (χ0) is 21.5. The Kier molecular flexibility index (Phi) is 9.52. The highest BCUT2D eigenvalue weighted by atomic mass is 127. The molecule has 2 aromatic rings. The fourth-order valence-corrected chi connectivity index (χ4v) is 4.31. The van der Waals surface area contributed by atoms with Crippen LogP contribution in [-0.4, -0.2) is 54.6 Å². The molecule has 32 heavy (non-hydrogen) atoms. The van der Waals surface area contributed by atoms with Gasteiger partial charge in [-0.25, -0.2) is 14.4 Å². The molecule has 0 radical (unpaired) electrons. The summed E-state index contributed by atoms with van der Waals surface area (Å²) < 4.78 is 14.0. The second kappa shape index (κ2) is 12.3. The molecule has 1 aromatic carbocycles. The zero-order valence-corrected chi connectivity index (χ0v) is 21.1. The molecule has 0 bridgehead atoms.